The van der Waals surface area contributed by atoms with Gasteiger partial charge in [0.2, 0.25) is 0 Å². The van der Waals surface area contributed by atoms with Crippen molar-refractivity contribution in [2.45, 2.75) is 32.7 Å². The second-order valence-electron chi connectivity index (χ2n) is 6.07. The first-order valence-electron chi connectivity index (χ1n) is 7.70. The third-order valence-corrected chi connectivity index (χ3v) is 5.11. The average Bonchev–Trinajstić information content (AvgIpc) is 3.15. The molecule has 2 aromatic heterocycles. The Bertz CT molecular complexity index is 663. The summed E-state index contributed by atoms with van der Waals surface area (Å²) in [4.78, 5) is 22.2. The molecule has 1 aliphatic heterocycles. The van der Waals surface area contributed by atoms with Crippen LogP contribution in [0.1, 0.15) is 35.3 Å². The summed E-state index contributed by atoms with van der Waals surface area (Å²) in [5.74, 6) is 0.676. The number of hydrogen-bond donors (Lipinski definition) is 2. The second-order valence-corrected chi connectivity index (χ2v) is 7.13. The maximum absolute atomic E-state index is 12.7. The van der Waals surface area contributed by atoms with Gasteiger partial charge in [-0.05, 0) is 31.7 Å². The van der Waals surface area contributed by atoms with Gasteiger partial charge in [0, 0.05) is 36.3 Å². The number of nitrogens with zero attached hydrogens (tertiary/aromatic N) is 2. The summed E-state index contributed by atoms with van der Waals surface area (Å²) < 4.78 is 0. The van der Waals surface area contributed by atoms with Crippen molar-refractivity contribution in [1.82, 2.24) is 14.9 Å². The van der Waals surface area contributed by atoms with Gasteiger partial charge in [0.05, 0.1) is 10.7 Å². The van der Waals surface area contributed by atoms with E-state index >= 15 is 0 Å². The largest absolute Gasteiger partial charge is 0.357 e. The lowest BCUT2D eigenvalue weighted by Gasteiger charge is -2.37. The maximum Gasteiger partial charge on any atom is 0.270 e. The van der Waals surface area contributed by atoms with E-state index in [1.165, 1.54) is 0 Å². The Balaban J connectivity index is 1.79. The zero-order valence-electron chi connectivity index (χ0n) is 13.0. The molecular weight excluding hydrogens is 296 g/mol. The molecule has 2 aromatic rings. The molecule has 3 heterocycles. The molecule has 1 saturated heterocycles. The van der Waals surface area contributed by atoms with E-state index < -0.39 is 0 Å². The fourth-order valence-electron chi connectivity index (χ4n) is 3.06. The van der Waals surface area contributed by atoms with E-state index in [0.717, 1.165) is 35.7 Å². The Kier molecular flexibility index (Phi) is 4.31. The zero-order chi connectivity index (χ0) is 15.7. The highest BCUT2D eigenvalue weighted by molar-refractivity contribution is 7.09. The molecule has 1 fully saturated rings. The van der Waals surface area contributed by atoms with Crippen LogP contribution in [0.4, 0.5) is 0 Å². The maximum atomic E-state index is 12.7. The third kappa shape index (κ3) is 2.94. The number of carbonyl (C=O) groups excluding carboxylic acids is 1. The summed E-state index contributed by atoms with van der Waals surface area (Å²) in [6.45, 7) is 5.51. The number of aromatic amines is 1. The summed E-state index contributed by atoms with van der Waals surface area (Å²) in [7, 11) is 0. The SMILES string of the molecule is Cc1nc(-c2c[nH]c(C(=O)N3CCC(C)CC3CN)c2)cs1. The minimum atomic E-state index is 0.0422. The number of aryl methyl sites for hydroxylation is 1. The lowest BCUT2D eigenvalue weighted by molar-refractivity contribution is 0.0568. The van der Waals surface area contributed by atoms with Gasteiger partial charge in [-0.3, -0.25) is 4.79 Å². The predicted molar refractivity (Wildman–Crippen MR) is 88.9 cm³/mol. The number of piperidine rings is 1. The van der Waals surface area contributed by atoms with Crippen molar-refractivity contribution in [2.75, 3.05) is 13.1 Å². The number of thiazole rings is 1. The fourth-order valence-corrected chi connectivity index (χ4v) is 3.68. The first kappa shape index (κ1) is 15.2. The van der Waals surface area contributed by atoms with Crippen molar-refractivity contribution in [1.29, 1.82) is 0 Å². The minimum absolute atomic E-state index is 0.0422. The fraction of sp³-hybridized carbons (Fsp3) is 0.500. The van der Waals surface area contributed by atoms with Crippen molar-refractivity contribution >= 4 is 17.2 Å². The third-order valence-electron chi connectivity index (χ3n) is 4.34. The molecule has 3 N–H and O–H groups in total. The number of carbonyl (C=O) groups is 1. The Morgan fingerprint density at radius 2 is 2.41 bits per heavy atom. The topological polar surface area (TPSA) is 75.0 Å². The van der Waals surface area contributed by atoms with E-state index in [9.17, 15) is 4.79 Å². The Morgan fingerprint density at radius 1 is 1.59 bits per heavy atom. The van der Waals surface area contributed by atoms with Crippen molar-refractivity contribution in [2.24, 2.45) is 11.7 Å². The van der Waals surface area contributed by atoms with Crippen LogP contribution >= 0.6 is 11.3 Å². The van der Waals surface area contributed by atoms with Gasteiger partial charge in [-0.2, -0.15) is 0 Å². The van der Waals surface area contributed by atoms with Gasteiger partial charge in [-0.25, -0.2) is 4.98 Å². The van der Waals surface area contributed by atoms with Gasteiger partial charge in [0.1, 0.15) is 5.69 Å². The lowest BCUT2D eigenvalue weighted by atomic mass is 9.92. The summed E-state index contributed by atoms with van der Waals surface area (Å²) in [6, 6.07) is 2.03. The van der Waals surface area contributed by atoms with Crippen molar-refractivity contribution in [3.63, 3.8) is 0 Å². The monoisotopic (exact) mass is 318 g/mol. The second kappa shape index (κ2) is 6.22. The number of aromatic nitrogens is 2. The minimum Gasteiger partial charge on any atom is -0.357 e. The van der Waals surface area contributed by atoms with Gasteiger partial charge in [-0.1, -0.05) is 6.92 Å². The summed E-state index contributed by atoms with van der Waals surface area (Å²) in [5.41, 5.74) is 8.35. The van der Waals surface area contributed by atoms with Crippen molar-refractivity contribution < 1.29 is 4.79 Å². The van der Waals surface area contributed by atoms with Crippen LogP contribution in [0.3, 0.4) is 0 Å². The first-order chi connectivity index (χ1) is 10.6. The molecule has 3 rings (SSSR count). The van der Waals surface area contributed by atoms with E-state index in [1.807, 2.05) is 29.5 Å². The van der Waals surface area contributed by atoms with Crippen LogP contribution in [-0.4, -0.2) is 39.9 Å². The Labute approximate surface area is 134 Å². The van der Waals surface area contributed by atoms with Crippen LogP contribution in [-0.2, 0) is 0 Å². The number of nitrogens with two attached hydrogens (primary N) is 1. The molecule has 22 heavy (non-hydrogen) atoms. The van der Waals surface area contributed by atoms with Crippen LogP contribution in [0.25, 0.3) is 11.3 Å². The molecule has 2 unspecified atom stereocenters. The van der Waals surface area contributed by atoms with Gasteiger partial charge in [-0.15, -0.1) is 11.3 Å². The van der Waals surface area contributed by atoms with Crippen LogP contribution in [0.5, 0.6) is 0 Å². The molecule has 0 saturated carbocycles. The van der Waals surface area contributed by atoms with Crippen LogP contribution < -0.4 is 5.73 Å². The summed E-state index contributed by atoms with van der Waals surface area (Å²) in [6.07, 6.45) is 3.88. The predicted octanol–water partition coefficient (Wildman–Crippen LogP) is 2.65. The van der Waals surface area contributed by atoms with Crippen LogP contribution in [0, 0.1) is 12.8 Å². The quantitative estimate of drug-likeness (QED) is 0.913. The molecule has 6 heteroatoms. The van der Waals surface area contributed by atoms with Crippen molar-refractivity contribution in [3.05, 3.63) is 28.3 Å². The summed E-state index contributed by atoms with van der Waals surface area (Å²) in [5, 5.41) is 3.04. The van der Waals surface area contributed by atoms with Gasteiger partial charge < -0.3 is 15.6 Å². The average molecular weight is 318 g/mol. The molecule has 1 amide bonds. The number of likely N-dealkylation sites (tertiary alicyclic amines) is 1. The highest BCUT2D eigenvalue weighted by Gasteiger charge is 2.30. The molecular formula is C16H22N4OS. The first-order valence-corrected chi connectivity index (χ1v) is 8.58. The Hall–Kier alpha value is -1.66. The smallest absolute Gasteiger partial charge is 0.270 e. The molecule has 2 atom stereocenters. The van der Waals surface area contributed by atoms with E-state index in [4.69, 9.17) is 5.73 Å². The van der Waals surface area contributed by atoms with Crippen LogP contribution in [0.2, 0.25) is 0 Å². The van der Waals surface area contributed by atoms with Crippen molar-refractivity contribution in [3.8, 4) is 11.3 Å². The number of amides is 1. The van der Waals surface area contributed by atoms with Crippen LogP contribution in [0.15, 0.2) is 17.6 Å². The summed E-state index contributed by atoms with van der Waals surface area (Å²) >= 11 is 1.61. The van der Waals surface area contributed by atoms with E-state index in [0.29, 0.717) is 18.2 Å². The zero-order valence-corrected chi connectivity index (χ0v) is 13.8. The lowest BCUT2D eigenvalue weighted by Crippen LogP contribution is -2.49. The number of H-pyrrole nitrogens is 1. The molecule has 0 radical (unpaired) electrons. The molecule has 118 valence electrons. The standard InChI is InChI=1S/C16H22N4OS/c1-10-3-4-20(13(5-10)7-17)16(21)14-6-12(8-18-14)15-9-22-11(2)19-15/h6,8-10,13,18H,3-5,7,17H2,1-2H3. The molecule has 0 aromatic carbocycles. The Morgan fingerprint density at radius 3 is 3.09 bits per heavy atom. The highest BCUT2D eigenvalue weighted by Crippen LogP contribution is 2.26. The highest BCUT2D eigenvalue weighted by atomic mass is 32.1. The van der Waals surface area contributed by atoms with E-state index in [1.54, 1.807) is 11.3 Å². The molecule has 5 nitrogen and oxygen atoms in total. The molecule has 1 aliphatic rings. The number of nitrogens with one attached hydrogen (secondary N) is 1. The molecule has 0 spiro atoms. The normalized spacial score (nSPS) is 22.0. The van der Waals surface area contributed by atoms with E-state index in [2.05, 4.69) is 16.9 Å². The van der Waals surface area contributed by atoms with Gasteiger partial charge >= 0.3 is 0 Å². The number of hydrogen-bond acceptors (Lipinski definition) is 4. The van der Waals surface area contributed by atoms with Gasteiger partial charge in [0.15, 0.2) is 0 Å². The molecule has 0 bridgehead atoms. The van der Waals surface area contributed by atoms with Gasteiger partial charge in [0.25, 0.3) is 5.91 Å². The molecule has 0 aliphatic carbocycles. The number of rotatable bonds is 3. The van der Waals surface area contributed by atoms with E-state index in [-0.39, 0.29) is 11.9 Å².